The molecular weight excluding hydrogens is 1010 g/mol. The highest BCUT2D eigenvalue weighted by molar-refractivity contribution is 7.47. The molecule has 10 heteroatoms. The van der Waals surface area contributed by atoms with Gasteiger partial charge in [0.25, 0.3) is 0 Å². The van der Waals surface area contributed by atoms with E-state index in [0.29, 0.717) is 17.4 Å². The third kappa shape index (κ3) is 65.4. The number of ether oxygens (including phenoxy) is 2. The summed E-state index contributed by atoms with van der Waals surface area (Å²) in [5.41, 5.74) is 0. The molecule has 2 atom stereocenters. The Morgan fingerprint density at radius 2 is 0.713 bits per heavy atom. The summed E-state index contributed by atoms with van der Waals surface area (Å²) < 4.78 is 34.6. The van der Waals surface area contributed by atoms with Gasteiger partial charge in [-0.05, 0) is 44.9 Å². The van der Waals surface area contributed by atoms with Gasteiger partial charge in [0.15, 0.2) is 6.10 Å². The van der Waals surface area contributed by atoms with E-state index in [0.717, 1.165) is 70.6 Å². The molecule has 0 aliphatic rings. The lowest BCUT2D eigenvalue weighted by molar-refractivity contribution is -0.870. The van der Waals surface area contributed by atoms with E-state index in [1.807, 2.05) is 21.1 Å². The summed E-state index contributed by atoms with van der Waals surface area (Å²) in [4.78, 5) is 35.7. The summed E-state index contributed by atoms with van der Waals surface area (Å²) in [6.45, 7) is 4.35. The van der Waals surface area contributed by atoms with Gasteiger partial charge in [-0.3, -0.25) is 18.6 Å². The molecule has 80 heavy (non-hydrogen) atoms. The number of hydrogen-bond donors (Lipinski definition) is 1. The Morgan fingerprint density at radius 3 is 1.06 bits per heavy atom. The molecule has 1 N–H and O–H groups in total. The Morgan fingerprint density at radius 1 is 0.400 bits per heavy atom. The van der Waals surface area contributed by atoms with E-state index >= 15 is 0 Å². The van der Waals surface area contributed by atoms with Crippen LogP contribution in [0.1, 0.15) is 348 Å². The number of likely N-dealkylation sites (N-methyl/N-ethyl adjacent to an activating group) is 1. The third-order valence-corrected chi connectivity index (χ3v) is 16.7. The Balaban J connectivity index is 3.81. The molecule has 0 saturated carbocycles. The molecule has 0 bridgehead atoms. The third-order valence-electron chi connectivity index (χ3n) is 15.7. The summed E-state index contributed by atoms with van der Waals surface area (Å²) in [6, 6.07) is 0. The molecule has 0 amide bonds. The second kappa shape index (κ2) is 61.8. The number of hydrogen-bond acceptors (Lipinski definition) is 7. The molecule has 0 aliphatic heterocycles. The van der Waals surface area contributed by atoms with Crippen LogP contribution in [0.4, 0.5) is 0 Å². The summed E-state index contributed by atoms with van der Waals surface area (Å²) >= 11 is 0. The van der Waals surface area contributed by atoms with E-state index < -0.39 is 26.5 Å². The zero-order chi connectivity index (χ0) is 58.4. The van der Waals surface area contributed by atoms with Crippen LogP contribution in [0.15, 0.2) is 36.5 Å². The van der Waals surface area contributed by atoms with Gasteiger partial charge in [0.1, 0.15) is 19.8 Å². The van der Waals surface area contributed by atoms with Crippen molar-refractivity contribution in [2.24, 2.45) is 0 Å². The first-order valence-corrected chi connectivity index (χ1v) is 36.2. The lowest BCUT2D eigenvalue weighted by atomic mass is 10.0. The molecule has 0 saturated heterocycles. The molecule has 472 valence electrons. The predicted molar refractivity (Wildman–Crippen MR) is 344 cm³/mol. The van der Waals surface area contributed by atoms with Crippen LogP contribution in [0.25, 0.3) is 0 Å². The minimum absolute atomic E-state index is 0.0291. The number of phosphoric ester groups is 1. The average Bonchev–Trinajstić information content (AvgIpc) is 3.42. The van der Waals surface area contributed by atoms with Crippen LogP contribution in [0.3, 0.4) is 0 Å². The first-order valence-electron chi connectivity index (χ1n) is 34.7. The van der Waals surface area contributed by atoms with Crippen molar-refractivity contribution < 1.29 is 42.1 Å². The van der Waals surface area contributed by atoms with Gasteiger partial charge in [0.2, 0.25) is 0 Å². The van der Waals surface area contributed by atoms with Gasteiger partial charge < -0.3 is 18.9 Å². The van der Waals surface area contributed by atoms with Crippen molar-refractivity contribution in [3.05, 3.63) is 36.5 Å². The van der Waals surface area contributed by atoms with Crippen LogP contribution in [-0.2, 0) is 32.7 Å². The Bertz CT molecular complexity index is 1440. The molecule has 0 heterocycles. The molecule has 0 radical (unpaired) electrons. The number of quaternary nitrogens is 1. The van der Waals surface area contributed by atoms with Crippen molar-refractivity contribution in [3.8, 4) is 0 Å². The highest BCUT2D eigenvalue weighted by Crippen LogP contribution is 2.43. The molecule has 0 aromatic heterocycles. The molecular formula is C70H135NO8P+. The summed E-state index contributed by atoms with van der Waals surface area (Å²) in [7, 11) is 1.48. The van der Waals surface area contributed by atoms with Gasteiger partial charge in [0, 0.05) is 12.8 Å². The SMILES string of the molecule is CC/C=C\C/C=C\C/C=C\CCCCCCCC(=O)OC(COC(=O)CCCCCCCCCCCCCCCCCCCCCCCCCCCCCCCCCCCCCCCCCCC)COP(=O)(O)OCC[N+](C)(C)C. The molecule has 0 spiro atoms. The van der Waals surface area contributed by atoms with E-state index in [-0.39, 0.29) is 32.0 Å². The predicted octanol–water partition coefficient (Wildman–Crippen LogP) is 22.3. The minimum Gasteiger partial charge on any atom is -0.462 e. The quantitative estimate of drug-likeness (QED) is 0.0211. The highest BCUT2D eigenvalue weighted by atomic mass is 31.2. The number of esters is 2. The summed E-state index contributed by atoms with van der Waals surface area (Å²) in [5.74, 6) is -0.804. The summed E-state index contributed by atoms with van der Waals surface area (Å²) in [5, 5.41) is 0. The average molecular weight is 1150 g/mol. The van der Waals surface area contributed by atoms with Crippen molar-refractivity contribution in [2.75, 3.05) is 47.5 Å². The van der Waals surface area contributed by atoms with Crippen LogP contribution in [-0.4, -0.2) is 74.9 Å². The fourth-order valence-corrected chi connectivity index (χ4v) is 11.1. The van der Waals surface area contributed by atoms with Crippen molar-refractivity contribution in [1.82, 2.24) is 0 Å². The number of unbranched alkanes of at least 4 members (excludes halogenated alkanes) is 45. The molecule has 0 aliphatic carbocycles. The largest absolute Gasteiger partial charge is 0.472 e. The minimum atomic E-state index is -4.39. The van der Waals surface area contributed by atoms with E-state index in [1.165, 1.54) is 244 Å². The fourth-order valence-electron chi connectivity index (χ4n) is 10.4. The molecule has 0 fully saturated rings. The van der Waals surface area contributed by atoms with Crippen LogP contribution in [0.2, 0.25) is 0 Å². The standard InChI is InChI=1S/C70H134NO8P/c1-6-8-10-12-14-16-18-20-22-23-24-25-26-27-28-29-30-31-32-33-34-35-36-37-38-39-40-41-42-43-44-45-46-47-49-50-52-54-56-58-60-62-69(72)76-66-68(67-78-80(74,75)77-65-64-71(3,4)5)79-70(73)63-61-59-57-55-53-51-48-21-19-17-15-13-11-9-7-2/h9,11,15,17,21,48,68H,6-8,10,12-14,16,18-20,22-47,49-67H2,1-5H3/p+1/b11-9-,17-15-,48-21-. The normalized spacial score (nSPS) is 13.3. The molecule has 0 rings (SSSR count). The van der Waals surface area contributed by atoms with Crippen molar-refractivity contribution in [3.63, 3.8) is 0 Å². The van der Waals surface area contributed by atoms with Crippen molar-refractivity contribution in [1.29, 1.82) is 0 Å². The number of phosphoric acid groups is 1. The van der Waals surface area contributed by atoms with E-state index in [9.17, 15) is 19.0 Å². The first kappa shape index (κ1) is 78.2. The first-order chi connectivity index (χ1) is 39.0. The van der Waals surface area contributed by atoms with Gasteiger partial charge >= 0.3 is 19.8 Å². The molecule has 0 aromatic rings. The second-order valence-electron chi connectivity index (χ2n) is 24.9. The monoisotopic (exact) mass is 1150 g/mol. The lowest BCUT2D eigenvalue weighted by Gasteiger charge is -2.24. The zero-order valence-electron chi connectivity index (χ0n) is 53.8. The van der Waals surface area contributed by atoms with Crippen LogP contribution in [0.5, 0.6) is 0 Å². The number of allylic oxidation sites excluding steroid dienone is 6. The highest BCUT2D eigenvalue weighted by Gasteiger charge is 2.27. The smallest absolute Gasteiger partial charge is 0.462 e. The maximum atomic E-state index is 12.8. The lowest BCUT2D eigenvalue weighted by Crippen LogP contribution is -2.37. The van der Waals surface area contributed by atoms with Crippen LogP contribution >= 0.6 is 7.82 Å². The van der Waals surface area contributed by atoms with Crippen LogP contribution < -0.4 is 0 Å². The van der Waals surface area contributed by atoms with E-state index in [1.54, 1.807) is 0 Å². The van der Waals surface area contributed by atoms with Crippen molar-refractivity contribution >= 4 is 19.8 Å². The van der Waals surface area contributed by atoms with Crippen LogP contribution in [0, 0.1) is 0 Å². The zero-order valence-corrected chi connectivity index (χ0v) is 54.7. The van der Waals surface area contributed by atoms with Gasteiger partial charge in [-0.15, -0.1) is 0 Å². The molecule has 9 nitrogen and oxygen atoms in total. The van der Waals surface area contributed by atoms with E-state index in [2.05, 4.69) is 50.3 Å². The number of rotatable bonds is 65. The van der Waals surface area contributed by atoms with Gasteiger partial charge in [-0.1, -0.05) is 326 Å². The Hall–Kier alpha value is -1.77. The van der Waals surface area contributed by atoms with E-state index in [4.69, 9.17) is 18.5 Å². The fraction of sp³-hybridized carbons (Fsp3) is 0.886. The van der Waals surface area contributed by atoms with Crippen molar-refractivity contribution in [2.45, 2.75) is 354 Å². The van der Waals surface area contributed by atoms with Gasteiger partial charge in [-0.2, -0.15) is 0 Å². The number of carbonyl (C=O) groups excluding carboxylic acids is 2. The Kier molecular flexibility index (Phi) is 60.4. The van der Waals surface area contributed by atoms with Gasteiger partial charge in [0.05, 0.1) is 27.7 Å². The maximum Gasteiger partial charge on any atom is 0.472 e. The number of nitrogens with zero attached hydrogens (tertiary/aromatic N) is 1. The second-order valence-corrected chi connectivity index (χ2v) is 26.4. The number of carbonyl (C=O) groups is 2. The molecule has 0 aromatic carbocycles. The Labute approximate surface area is 497 Å². The maximum absolute atomic E-state index is 12.8. The van der Waals surface area contributed by atoms with Gasteiger partial charge in [-0.25, -0.2) is 4.57 Å². The summed E-state index contributed by atoms with van der Waals surface area (Å²) in [6.07, 6.45) is 78.7. The topological polar surface area (TPSA) is 108 Å². The molecule has 2 unspecified atom stereocenters.